The number of nitrogens with zero attached hydrogens (tertiary/aromatic N) is 2. The van der Waals surface area contributed by atoms with Gasteiger partial charge < -0.3 is 5.11 Å². The minimum atomic E-state index is -0.907. The summed E-state index contributed by atoms with van der Waals surface area (Å²) in [6.45, 7) is 3.72. The summed E-state index contributed by atoms with van der Waals surface area (Å²) >= 11 is 1.48. The first-order chi connectivity index (χ1) is 7.61. The first-order valence-corrected chi connectivity index (χ1v) is 5.52. The Balaban J connectivity index is 2.69. The molecule has 0 fully saturated rings. The third-order valence-corrected chi connectivity index (χ3v) is 3.33. The second kappa shape index (κ2) is 4.02. The summed E-state index contributed by atoms with van der Waals surface area (Å²) in [5, 5.41) is 9.18. The van der Waals surface area contributed by atoms with E-state index in [0.29, 0.717) is 16.8 Å². The molecule has 16 heavy (non-hydrogen) atoms. The third kappa shape index (κ3) is 1.69. The van der Waals surface area contributed by atoms with Gasteiger partial charge in [-0.05, 0) is 19.9 Å². The standard InChI is InChI=1S/C11H10N2O2S/c1-6-9(8-3-4-12-5-13-8)10(11(14)15)7(2)16-6/h3-5H,1-2H3,(H,14,15). The van der Waals surface area contributed by atoms with Crippen LogP contribution in [0, 0.1) is 13.8 Å². The predicted molar refractivity (Wildman–Crippen MR) is 61.8 cm³/mol. The van der Waals surface area contributed by atoms with Crippen molar-refractivity contribution >= 4 is 17.3 Å². The molecule has 0 aliphatic heterocycles. The fraction of sp³-hybridized carbons (Fsp3) is 0.182. The van der Waals surface area contributed by atoms with Crippen LogP contribution in [0.2, 0.25) is 0 Å². The maximum absolute atomic E-state index is 11.2. The normalized spacial score (nSPS) is 10.4. The van der Waals surface area contributed by atoms with Gasteiger partial charge in [-0.1, -0.05) is 0 Å². The summed E-state index contributed by atoms with van der Waals surface area (Å²) in [7, 11) is 0. The molecule has 0 spiro atoms. The lowest BCUT2D eigenvalue weighted by atomic mass is 10.1. The minimum Gasteiger partial charge on any atom is -0.478 e. The molecule has 0 atom stereocenters. The molecule has 0 bridgehead atoms. The van der Waals surface area contributed by atoms with E-state index in [9.17, 15) is 9.90 Å². The number of thiophene rings is 1. The first-order valence-electron chi connectivity index (χ1n) is 4.71. The van der Waals surface area contributed by atoms with Gasteiger partial charge in [-0.3, -0.25) is 0 Å². The molecule has 0 aromatic carbocycles. The maximum Gasteiger partial charge on any atom is 0.337 e. The van der Waals surface area contributed by atoms with Gasteiger partial charge in [0.1, 0.15) is 6.33 Å². The van der Waals surface area contributed by atoms with Gasteiger partial charge in [0, 0.05) is 21.5 Å². The number of hydrogen-bond acceptors (Lipinski definition) is 4. The maximum atomic E-state index is 11.2. The van der Waals surface area contributed by atoms with Crippen molar-refractivity contribution in [3.05, 3.63) is 33.9 Å². The number of carboxylic acids is 1. The summed E-state index contributed by atoms with van der Waals surface area (Å²) in [5.74, 6) is -0.907. The van der Waals surface area contributed by atoms with E-state index in [2.05, 4.69) is 9.97 Å². The average Bonchev–Trinajstić information content (AvgIpc) is 2.55. The van der Waals surface area contributed by atoms with Crippen LogP contribution in [0.1, 0.15) is 20.1 Å². The molecule has 2 rings (SSSR count). The van der Waals surface area contributed by atoms with E-state index >= 15 is 0 Å². The molecule has 4 nitrogen and oxygen atoms in total. The van der Waals surface area contributed by atoms with Crippen molar-refractivity contribution in [3.63, 3.8) is 0 Å². The Kier molecular flexibility index (Phi) is 2.70. The second-order valence-corrected chi connectivity index (χ2v) is 4.79. The van der Waals surface area contributed by atoms with Crippen molar-refractivity contribution in [1.29, 1.82) is 0 Å². The highest BCUT2D eigenvalue weighted by molar-refractivity contribution is 7.12. The molecule has 0 unspecified atom stereocenters. The van der Waals surface area contributed by atoms with E-state index in [1.54, 1.807) is 12.3 Å². The number of rotatable bonds is 2. The monoisotopic (exact) mass is 234 g/mol. The Labute approximate surface area is 96.6 Å². The SMILES string of the molecule is Cc1sc(C)c(-c2ccncn2)c1C(=O)O. The van der Waals surface area contributed by atoms with Crippen LogP contribution in [-0.2, 0) is 0 Å². The Morgan fingerprint density at radius 1 is 1.38 bits per heavy atom. The molecule has 0 saturated carbocycles. The quantitative estimate of drug-likeness (QED) is 0.867. The molecule has 5 heteroatoms. The van der Waals surface area contributed by atoms with Gasteiger partial charge in [0.2, 0.25) is 0 Å². The number of aromatic nitrogens is 2. The topological polar surface area (TPSA) is 63.1 Å². The zero-order valence-corrected chi connectivity index (χ0v) is 9.71. The van der Waals surface area contributed by atoms with Crippen LogP contribution < -0.4 is 0 Å². The lowest BCUT2D eigenvalue weighted by Crippen LogP contribution is -2.00. The number of aryl methyl sites for hydroxylation is 2. The Morgan fingerprint density at radius 3 is 2.69 bits per heavy atom. The largest absolute Gasteiger partial charge is 0.478 e. The first kappa shape index (κ1) is 10.8. The van der Waals surface area contributed by atoms with Gasteiger partial charge in [-0.2, -0.15) is 0 Å². The number of carbonyl (C=O) groups is 1. The molecule has 2 aromatic heterocycles. The van der Waals surface area contributed by atoms with E-state index in [4.69, 9.17) is 0 Å². The molecule has 0 saturated heterocycles. The van der Waals surface area contributed by atoms with E-state index in [0.717, 1.165) is 9.75 Å². The van der Waals surface area contributed by atoms with Crippen molar-refractivity contribution in [3.8, 4) is 11.3 Å². The van der Waals surface area contributed by atoms with E-state index in [-0.39, 0.29) is 0 Å². The van der Waals surface area contributed by atoms with Crippen LogP contribution in [0.4, 0.5) is 0 Å². The molecule has 0 radical (unpaired) electrons. The summed E-state index contributed by atoms with van der Waals surface area (Å²) in [5.41, 5.74) is 1.72. The average molecular weight is 234 g/mol. The van der Waals surface area contributed by atoms with Crippen molar-refractivity contribution in [2.24, 2.45) is 0 Å². The van der Waals surface area contributed by atoms with Gasteiger partial charge in [0.25, 0.3) is 0 Å². The van der Waals surface area contributed by atoms with Gasteiger partial charge in [0.05, 0.1) is 11.3 Å². The van der Waals surface area contributed by atoms with Crippen LogP contribution >= 0.6 is 11.3 Å². The fourth-order valence-electron chi connectivity index (χ4n) is 1.69. The molecule has 0 amide bonds. The Hall–Kier alpha value is -1.75. The molecule has 2 aromatic rings. The van der Waals surface area contributed by atoms with Crippen LogP contribution in [0.3, 0.4) is 0 Å². The second-order valence-electron chi connectivity index (χ2n) is 3.36. The van der Waals surface area contributed by atoms with Gasteiger partial charge in [0.15, 0.2) is 0 Å². The zero-order valence-electron chi connectivity index (χ0n) is 8.89. The highest BCUT2D eigenvalue weighted by Gasteiger charge is 2.20. The Morgan fingerprint density at radius 2 is 2.12 bits per heavy atom. The Bertz CT molecular complexity index is 534. The van der Waals surface area contributed by atoms with Crippen LogP contribution in [0.5, 0.6) is 0 Å². The van der Waals surface area contributed by atoms with E-state index in [1.807, 2.05) is 13.8 Å². The van der Waals surface area contributed by atoms with Crippen molar-refractivity contribution in [2.75, 3.05) is 0 Å². The van der Waals surface area contributed by atoms with Gasteiger partial charge in [-0.15, -0.1) is 11.3 Å². The van der Waals surface area contributed by atoms with E-state index in [1.165, 1.54) is 17.7 Å². The highest BCUT2D eigenvalue weighted by Crippen LogP contribution is 2.34. The number of hydrogen-bond donors (Lipinski definition) is 1. The summed E-state index contributed by atoms with van der Waals surface area (Å²) < 4.78 is 0. The van der Waals surface area contributed by atoms with Crippen LogP contribution in [-0.4, -0.2) is 21.0 Å². The molecule has 82 valence electrons. The molecule has 2 heterocycles. The van der Waals surface area contributed by atoms with Crippen molar-refractivity contribution < 1.29 is 9.90 Å². The predicted octanol–water partition coefficient (Wildman–Crippen LogP) is 2.52. The van der Waals surface area contributed by atoms with Gasteiger partial charge >= 0.3 is 5.97 Å². The zero-order chi connectivity index (χ0) is 11.7. The molecular weight excluding hydrogens is 224 g/mol. The summed E-state index contributed by atoms with van der Waals surface area (Å²) in [6.07, 6.45) is 3.04. The van der Waals surface area contributed by atoms with Crippen molar-refractivity contribution in [2.45, 2.75) is 13.8 Å². The van der Waals surface area contributed by atoms with Crippen LogP contribution in [0.25, 0.3) is 11.3 Å². The third-order valence-electron chi connectivity index (χ3n) is 2.31. The summed E-state index contributed by atoms with van der Waals surface area (Å²) in [4.78, 5) is 20.9. The van der Waals surface area contributed by atoms with Crippen LogP contribution in [0.15, 0.2) is 18.6 Å². The van der Waals surface area contributed by atoms with Gasteiger partial charge in [-0.25, -0.2) is 14.8 Å². The lowest BCUT2D eigenvalue weighted by Gasteiger charge is -2.01. The minimum absolute atomic E-state index is 0.348. The fourth-order valence-corrected chi connectivity index (χ4v) is 2.75. The molecular formula is C11H10N2O2S. The number of aromatic carboxylic acids is 1. The van der Waals surface area contributed by atoms with E-state index < -0.39 is 5.97 Å². The smallest absolute Gasteiger partial charge is 0.337 e. The highest BCUT2D eigenvalue weighted by atomic mass is 32.1. The number of carboxylic acid groups (broad SMARTS) is 1. The molecule has 0 aliphatic carbocycles. The van der Waals surface area contributed by atoms with Crippen molar-refractivity contribution in [1.82, 2.24) is 9.97 Å². The lowest BCUT2D eigenvalue weighted by molar-refractivity contribution is 0.0697. The summed E-state index contributed by atoms with van der Waals surface area (Å²) in [6, 6.07) is 1.72. The molecule has 0 aliphatic rings. The molecule has 1 N–H and O–H groups in total.